The summed E-state index contributed by atoms with van der Waals surface area (Å²) >= 11 is 0. The van der Waals surface area contributed by atoms with E-state index in [9.17, 15) is 4.79 Å². The number of carbonyl (C=O) groups is 1. The third-order valence-corrected chi connectivity index (χ3v) is 4.76. The minimum atomic E-state index is 0.0520. The Labute approximate surface area is 130 Å². The fourth-order valence-corrected chi connectivity index (χ4v) is 3.51. The zero-order valence-corrected chi connectivity index (χ0v) is 12.6. The summed E-state index contributed by atoms with van der Waals surface area (Å²) in [6, 6.07) is 10.5. The van der Waals surface area contributed by atoms with Gasteiger partial charge in [-0.25, -0.2) is 0 Å². The van der Waals surface area contributed by atoms with Gasteiger partial charge in [0, 0.05) is 25.1 Å². The van der Waals surface area contributed by atoms with Gasteiger partial charge in [0.2, 0.25) is 0 Å². The van der Waals surface area contributed by atoms with Gasteiger partial charge in [0.05, 0.1) is 0 Å². The molecule has 2 aromatic rings. The third-order valence-electron chi connectivity index (χ3n) is 4.76. The van der Waals surface area contributed by atoms with Gasteiger partial charge in [0.15, 0.2) is 5.69 Å². The van der Waals surface area contributed by atoms with Crippen molar-refractivity contribution in [1.82, 2.24) is 10.1 Å². The predicted molar refractivity (Wildman–Crippen MR) is 82.7 cm³/mol. The molecule has 0 spiro atoms. The lowest BCUT2D eigenvalue weighted by Gasteiger charge is -2.39. The van der Waals surface area contributed by atoms with E-state index < -0.39 is 0 Å². The molecule has 4 nitrogen and oxygen atoms in total. The highest BCUT2D eigenvalue weighted by Gasteiger charge is 2.34. The molecule has 2 heterocycles. The number of nitrogens with zero attached hydrogens (tertiary/aromatic N) is 2. The molecular formula is C18H20N2O2. The summed E-state index contributed by atoms with van der Waals surface area (Å²) in [4.78, 5) is 14.5. The SMILES string of the molecule is O=C(c1noc2c1CCCC2)N1CC(Cc2ccccc2)C1. The molecule has 114 valence electrons. The van der Waals surface area contributed by atoms with E-state index >= 15 is 0 Å². The number of aromatic nitrogens is 1. The Bertz CT molecular complexity index is 672. The Morgan fingerprint density at radius 1 is 1.18 bits per heavy atom. The van der Waals surface area contributed by atoms with Gasteiger partial charge in [-0.1, -0.05) is 35.5 Å². The van der Waals surface area contributed by atoms with Crippen molar-refractivity contribution < 1.29 is 9.32 Å². The highest BCUT2D eigenvalue weighted by atomic mass is 16.5. The Morgan fingerprint density at radius 2 is 1.95 bits per heavy atom. The molecule has 1 aromatic carbocycles. The fraction of sp³-hybridized carbons (Fsp3) is 0.444. The molecule has 1 saturated heterocycles. The molecular weight excluding hydrogens is 276 g/mol. The van der Waals surface area contributed by atoms with Crippen LogP contribution in [0, 0.1) is 5.92 Å². The summed E-state index contributed by atoms with van der Waals surface area (Å²) in [6.45, 7) is 1.66. The fourth-order valence-electron chi connectivity index (χ4n) is 3.51. The van der Waals surface area contributed by atoms with Crippen molar-refractivity contribution in [2.75, 3.05) is 13.1 Å². The number of amides is 1. The lowest BCUT2D eigenvalue weighted by molar-refractivity contribution is 0.0489. The van der Waals surface area contributed by atoms with E-state index in [1.807, 2.05) is 11.0 Å². The van der Waals surface area contributed by atoms with E-state index in [0.717, 1.165) is 56.5 Å². The van der Waals surface area contributed by atoms with E-state index in [-0.39, 0.29) is 5.91 Å². The Morgan fingerprint density at radius 3 is 2.77 bits per heavy atom. The Hall–Kier alpha value is -2.10. The first-order valence-electron chi connectivity index (χ1n) is 8.12. The Balaban J connectivity index is 1.38. The zero-order valence-electron chi connectivity index (χ0n) is 12.6. The molecule has 1 amide bonds. The minimum Gasteiger partial charge on any atom is -0.360 e. The smallest absolute Gasteiger partial charge is 0.276 e. The second-order valence-electron chi connectivity index (χ2n) is 6.41. The molecule has 0 unspecified atom stereocenters. The number of fused-ring (bicyclic) bond motifs is 1. The van der Waals surface area contributed by atoms with Gasteiger partial charge in [0.25, 0.3) is 5.91 Å². The summed E-state index contributed by atoms with van der Waals surface area (Å²) in [6.07, 6.45) is 5.17. The summed E-state index contributed by atoms with van der Waals surface area (Å²) in [5.41, 5.74) is 2.97. The van der Waals surface area contributed by atoms with Gasteiger partial charge in [-0.05, 0) is 37.2 Å². The standard InChI is InChI=1S/C18H20N2O2/c21-18(17-15-8-4-5-9-16(15)22-19-17)20-11-14(12-20)10-13-6-2-1-3-7-13/h1-3,6-7,14H,4-5,8-12H2. The van der Waals surface area contributed by atoms with Crippen molar-refractivity contribution >= 4 is 5.91 Å². The van der Waals surface area contributed by atoms with E-state index in [2.05, 4.69) is 29.4 Å². The van der Waals surface area contributed by atoms with Gasteiger partial charge in [-0.2, -0.15) is 0 Å². The molecule has 0 saturated carbocycles. The van der Waals surface area contributed by atoms with Crippen molar-refractivity contribution in [2.24, 2.45) is 5.92 Å². The van der Waals surface area contributed by atoms with Crippen molar-refractivity contribution in [3.05, 3.63) is 52.9 Å². The lowest BCUT2D eigenvalue weighted by Crippen LogP contribution is -2.51. The number of hydrogen-bond donors (Lipinski definition) is 0. The molecule has 1 aliphatic heterocycles. The highest BCUT2D eigenvalue weighted by molar-refractivity contribution is 5.94. The van der Waals surface area contributed by atoms with Crippen molar-refractivity contribution in [2.45, 2.75) is 32.1 Å². The highest BCUT2D eigenvalue weighted by Crippen LogP contribution is 2.28. The normalized spacial score (nSPS) is 17.9. The molecule has 1 aromatic heterocycles. The van der Waals surface area contributed by atoms with Crippen LogP contribution in [0.25, 0.3) is 0 Å². The van der Waals surface area contributed by atoms with Gasteiger partial charge in [-0.15, -0.1) is 0 Å². The molecule has 0 radical (unpaired) electrons. The van der Waals surface area contributed by atoms with Gasteiger partial charge in [-0.3, -0.25) is 4.79 Å². The maximum Gasteiger partial charge on any atom is 0.276 e. The topological polar surface area (TPSA) is 46.3 Å². The average Bonchev–Trinajstić information content (AvgIpc) is 2.95. The average molecular weight is 296 g/mol. The zero-order chi connectivity index (χ0) is 14.9. The molecule has 0 bridgehead atoms. The summed E-state index contributed by atoms with van der Waals surface area (Å²) in [7, 11) is 0. The summed E-state index contributed by atoms with van der Waals surface area (Å²) in [5, 5.41) is 4.04. The van der Waals surface area contributed by atoms with Gasteiger partial charge in [0.1, 0.15) is 5.76 Å². The summed E-state index contributed by atoms with van der Waals surface area (Å²) < 4.78 is 5.35. The van der Waals surface area contributed by atoms with Crippen LogP contribution in [-0.4, -0.2) is 29.1 Å². The lowest BCUT2D eigenvalue weighted by atomic mass is 9.91. The summed E-state index contributed by atoms with van der Waals surface area (Å²) in [5.74, 6) is 1.54. The van der Waals surface area contributed by atoms with E-state index in [4.69, 9.17) is 4.52 Å². The minimum absolute atomic E-state index is 0.0520. The van der Waals surface area contributed by atoms with Crippen molar-refractivity contribution in [3.8, 4) is 0 Å². The van der Waals surface area contributed by atoms with Crippen molar-refractivity contribution in [3.63, 3.8) is 0 Å². The molecule has 0 N–H and O–H groups in total. The number of hydrogen-bond acceptors (Lipinski definition) is 3. The van der Waals surface area contributed by atoms with Crippen molar-refractivity contribution in [1.29, 1.82) is 0 Å². The van der Waals surface area contributed by atoms with Crippen LogP contribution < -0.4 is 0 Å². The van der Waals surface area contributed by atoms with Crippen LogP contribution in [0.1, 0.15) is 40.2 Å². The van der Waals surface area contributed by atoms with E-state index in [0.29, 0.717) is 11.6 Å². The molecule has 1 fully saturated rings. The first-order valence-corrected chi connectivity index (χ1v) is 8.12. The number of rotatable bonds is 3. The largest absolute Gasteiger partial charge is 0.360 e. The second-order valence-corrected chi connectivity index (χ2v) is 6.41. The van der Waals surface area contributed by atoms with Crippen LogP contribution in [0.15, 0.2) is 34.9 Å². The van der Waals surface area contributed by atoms with Crippen LogP contribution in [-0.2, 0) is 19.3 Å². The van der Waals surface area contributed by atoms with Gasteiger partial charge >= 0.3 is 0 Å². The molecule has 2 aliphatic rings. The number of aryl methyl sites for hydroxylation is 1. The molecule has 1 aliphatic carbocycles. The Kier molecular flexibility index (Phi) is 3.45. The molecule has 4 heteroatoms. The van der Waals surface area contributed by atoms with E-state index in [1.54, 1.807) is 0 Å². The van der Waals surface area contributed by atoms with Crippen LogP contribution in [0.2, 0.25) is 0 Å². The molecule has 4 rings (SSSR count). The van der Waals surface area contributed by atoms with Crippen LogP contribution in [0.3, 0.4) is 0 Å². The predicted octanol–water partition coefficient (Wildman–Crippen LogP) is 2.87. The number of benzene rings is 1. The molecule has 22 heavy (non-hydrogen) atoms. The maximum absolute atomic E-state index is 12.6. The first-order chi connectivity index (χ1) is 10.8. The van der Waals surface area contributed by atoms with Crippen LogP contribution >= 0.6 is 0 Å². The second kappa shape index (κ2) is 5.59. The quantitative estimate of drug-likeness (QED) is 0.875. The third kappa shape index (κ3) is 2.43. The van der Waals surface area contributed by atoms with Crippen LogP contribution in [0.4, 0.5) is 0 Å². The maximum atomic E-state index is 12.6. The molecule has 0 atom stereocenters. The first kappa shape index (κ1) is 13.6. The number of carbonyl (C=O) groups excluding carboxylic acids is 1. The van der Waals surface area contributed by atoms with Gasteiger partial charge < -0.3 is 9.42 Å². The van der Waals surface area contributed by atoms with Crippen LogP contribution in [0.5, 0.6) is 0 Å². The van der Waals surface area contributed by atoms with E-state index in [1.165, 1.54) is 5.56 Å². The number of likely N-dealkylation sites (tertiary alicyclic amines) is 1. The monoisotopic (exact) mass is 296 g/mol.